The van der Waals surface area contributed by atoms with Crippen molar-refractivity contribution in [3.8, 4) is 11.5 Å². The van der Waals surface area contributed by atoms with Crippen molar-refractivity contribution >= 4 is 5.82 Å². The van der Waals surface area contributed by atoms with Crippen molar-refractivity contribution in [2.24, 2.45) is 13.0 Å². The largest absolute Gasteiger partial charge is 0.385 e. The summed E-state index contributed by atoms with van der Waals surface area (Å²) in [5.74, 6) is 2.97. The monoisotopic (exact) mass is 354 g/mol. The number of aryl methyl sites for hydroxylation is 2. The van der Waals surface area contributed by atoms with Crippen molar-refractivity contribution in [1.29, 1.82) is 0 Å². The van der Waals surface area contributed by atoms with Gasteiger partial charge >= 0.3 is 0 Å². The van der Waals surface area contributed by atoms with E-state index in [0.29, 0.717) is 11.7 Å². The third-order valence-electron chi connectivity index (χ3n) is 4.96. The number of piperidine rings is 1. The highest BCUT2D eigenvalue weighted by molar-refractivity contribution is 5.54. The second-order valence-electron chi connectivity index (χ2n) is 6.72. The normalized spacial score (nSPS) is 16.8. The molecular weight excluding hydrogens is 332 g/mol. The molecule has 0 radical (unpaired) electrons. The van der Waals surface area contributed by atoms with Crippen molar-refractivity contribution in [3.63, 3.8) is 0 Å². The first-order valence-corrected chi connectivity index (χ1v) is 8.79. The first kappa shape index (κ1) is 16.7. The second-order valence-corrected chi connectivity index (χ2v) is 6.72. The average Bonchev–Trinajstić information content (AvgIpc) is 3.30. The molecule has 1 atom stereocenters. The number of hydrogen-bond donors (Lipinski definition) is 1. The van der Waals surface area contributed by atoms with E-state index in [2.05, 4.69) is 25.0 Å². The minimum atomic E-state index is -0.520. The fourth-order valence-electron chi connectivity index (χ4n) is 3.43. The van der Waals surface area contributed by atoms with Crippen LogP contribution in [0.4, 0.5) is 5.82 Å². The number of nitrogens with zero attached hydrogens (tertiary/aromatic N) is 6. The van der Waals surface area contributed by atoms with E-state index in [1.165, 1.54) is 0 Å². The maximum absolute atomic E-state index is 10.6. The average molecular weight is 354 g/mol. The summed E-state index contributed by atoms with van der Waals surface area (Å²) >= 11 is 0. The SMILES string of the molecule is Cc1noc(-c2ccc(N3CCC(C(O)c4nccn4C)CC3)nc2)n1. The number of anilines is 1. The van der Waals surface area contributed by atoms with E-state index in [1.54, 1.807) is 19.3 Å². The Bertz CT molecular complexity index is 864. The van der Waals surface area contributed by atoms with Gasteiger partial charge in [0.2, 0.25) is 0 Å². The Morgan fingerprint density at radius 1 is 1.23 bits per heavy atom. The third-order valence-corrected chi connectivity index (χ3v) is 4.96. The summed E-state index contributed by atoms with van der Waals surface area (Å²) in [7, 11) is 1.91. The molecular formula is C18H22N6O2. The third kappa shape index (κ3) is 3.20. The van der Waals surface area contributed by atoms with Crippen LogP contribution in [0.5, 0.6) is 0 Å². The van der Waals surface area contributed by atoms with Crippen molar-refractivity contribution in [3.05, 3.63) is 42.4 Å². The van der Waals surface area contributed by atoms with Crippen LogP contribution in [0.2, 0.25) is 0 Å². The van der Waals surface area contributed by atoms with Gasteiger partial charge in [-0.1, -0.05) is 5.16 Å². The van der Waals surface area contributed by atoms with Gasteiger partial charge in [0.1, 0.15) is 17.7 Å². The number of imidazole rings is 1. The predicted molar refractivity (Wildman–Crippen MR) is 95.4 cm³/mol. The van der Waals surface area contributed by atoms with Crippen LogP contribution in [-0.2, 0) is 7.05 Å². The topological polar surface area (TPSA) is 93.1 Å². The first-order chi connectivity index (χ1) is 12.6. The summed E-state index contributed by atoms with van der Waals surface area (Å²) in [6.07, 6.45) is 6.64. The number of aliphatic hydroxyl groups is 1. The van der Waals surface area contributed by atoms with Crippen LogP contribution in [0.25, 0.3) is 11.5 Å². The first-order valence-electron chi connectivity index (χ1n) is 8.79. The zero-order valence-electron chi connectivity index (χ0n) is 14.9. The lowest BCUT2D eigenvalue weighted by molar-refractivity contribution is 0.0824. The fraction of sp³-hybridized carbons (Fsp3) is 0.444. The molecule has 4 rings (SSSR count). The van der Waals surface area contributed by atoms with Gasteiger partial charge in [-0.25, -0.2) is 9.97 Å². The summed E-state index contributed by atoms with van der Waals surface area (Å²) < 4.78 is 7.06. The van der Waals surface area contributed by atoms with E-state index in [1.807, 2.05) is 29.9 Å². The number of aromatic nitrogens is 5. The van der Waals surface area contributed by atoms with Crippen LogP contribution in [0.1, 0.15) is 30.6 Å². The summed E-state index contributed by atoms with van der Waals surface area (Å²) in [6.45, 7) is 3.51. The van der Waals surface area contributed by atoms with Gasteiger partial charge in [0.25, 0.3) is 5.89 Å². The van der Waals surface area contributed by atoms with Crippen LogP contribution in [0, 0.1) is 12.8 Å². The molecule has 1 aliphatic heterocycles. The van der Waals surface area contributed by atoms with Gasteiger partial charge in [0.15, 0.2) is 5.82 Å². The van der Waals surface area contributed by atoms with Crippen LogP contribution in [0.3, 0.4) is 0 Å². The highest BCUT2D eigenvalue weighted by Gasteiger charge is 2.28. The molecule has 0 aliphatic carbocycles. The van der Waals surface area contributed by atoms with Crippen molar-refractivity contribution in [1.82, 2.24) is 24.7 Å². The Kier molecular flexibility index (Phi) is 4.42. The summed E-state index contributed by atoms with van der Waals surface area (Å²) in [4.78, 5) is 15.3. The van der Waals surface area contributed by atoms with Crippen molar-refractivity contribution < 1.29 is 9.63 Å². The Morgan fingerprint density at radius 3 is 2.62 bits per heavy atom. The molecule has 4 heterocycles. The van der Waals surface area contributed by atoms with E-state index < -0.39 is 6.10 Å². The predicted octanol–water partition coefficient (Wildman–Crippen LogP) is 2.12. The molecule has 3 aromatic heterocycles. The van der Waals surface area contributed by atoms with E-state index in [-0.39, 0.29) is 5.92 Å². The Hall–Kier alpha value is -2.74. The molecule has 26 heavy (non-hydrogen) atoms. The molecule has 1 fully saturated rings. The van der Waals surface area contributed by atoms with E-state index in [9.17, 15) is 5.11 Å². The van der Waals surface area contributed by atoms with E-state index in [4.69, 9.17) is 4.52 Å². The zero-order chi connectivity index (χ0) is 18.1. The molecule has 0 spiro atoms. The maximum atomic E-state index is 10.6. The molecule has 0 amide bonds. The summed E-state index contributed by atoms with van der Waals surface area (Å²) in [5, 5.41) is 14.4. The zero-order valence-corrected chi connectivity index (χ0v) is 14.9. The fourth-order valence-corrected chi connectivity index (χ4v) is 3.43. The highest BCUT2D eigenvalue weighted by Crippen LogP contribution is 2.31. The lowest BCUT2D eigenvalue weighted by Gasteiger charge is -2.34. The molecule has 1 N–H and O–H groups in total. The maximum Gasteiger partial charge on any atom is 0.259 e. The molecule has 1 saturated heterocycles. The summed E-state index contributed by atoms with van der Waals surface area (Å²) in [5.41, 5.74) is 0.814. The van der Waals surface area contributed by atoms with E-state index in [0.717, 1.165) is 43.1 Å². The van der Waals surface area contributed by atoms with Gasteiger partial charge in [-0.3, -0.25) is 0 Å². The van der Waals surface area contributed by atoms with Crippen molar-refractivity contribution in [2.75, 3.05) is 18.0 Å². The van der Waals surface area contributed by atoms with Gasteiger partial charge in [-0.15, -0.1) is 0 Å². The molecule has 1 aliphatic rings. The molecule has 136 valence electrons. The van der Waals surface area contributed by atoms with Gasteiger partial charge in [-0.05, 0) is 37.8 Å². The Balaban J connectivity index is 1.39. The molecule has 0 aromatic carbocycles. The van der Waals surface area contributed by atoms with Gasteiger partial charge < -0.3 is 19.1 Å². The van der Waals surface area contributed by atoms with E-state index >= 15 is 0 Å². The minimum absolute atomic E-state index is 0.216. The number of pyridine rings is 1. The molecule has 0 bridgehead atoms. The highest BCUT2D eigenvalue weighted by atomic mass is 16.5. The summed E-state index contributed by atoms with van der Waals surface area (Å²) in [6, 6.07) is 3.93. The number of rotatable bonds is 4. The lowest BCUT2D eigenvalue weighted by atomic mass is 9.90. The van der Waals surface area contributed by atoms with Crippen LogP contribution < -0.4 is 4.90 Å². The smallest absolute Gasteiger partial charge is 0.259 e. The van der Waals surface area contributed by atoms with Crippen molar-refractivity contribution in [2.45, 2.75) is 25.9 Å². The quantitative estimate of drug-likeness (QED) is 0.767. The van der Waals surface area contributed by atoms with Gasteiger partial charge in [0, 0.05) is 38.7 Å². The standard InChI is InChI=1S/C18H22N6O2/c1-12-21-18(26-22-12)14-3-4-15(20-11-14)24-8-5-13(6-9-24)16(25)17-19-7-10-23(17)2/h3-4,7,10-11,13,16,25H,5-6,8-9H2,1-2H3. The molecule has 1 unspecified atom stereocenters. The Labute approximate surface area is 151 Å². The van der Waals surface area contributed by atoms with Crippen LogP contribution in [0.15, 0.2) is 35.2 Å². The minimum Gasteiger partial charge on any atom is -0.385 e. The van der Waals surface area contributed by atoms with Crippen LogP contribution in [-0.4, -0.2) is 42.9 Å². The molecule has 8 nitrogen and oxygen atoms in total. The molecule has 8 heteroatoms. The second kappa shape index (κ2) is 6.87. The Morgan fingerprint density at radius 2 is 2.04 bits per heavy atom. The molecule has 3 aromatic rings. The number of aliphatic hydroxyl groups excluding tert-OH is 1. The number of hydrogen-bond acceptors (Lipinski definition) is 7. The lowest BCUT2D eigenvalue weighted by Crippen LogP contribution is -2.36. The van der Waals surface area contributed by atoms with Gasteiger partial charge in [0.05, 0.1) is 5.56 Å². The molecule has 0 saturated carbocycles. The van der Waals surface area contributed by atoms with Gasteiger partial charge in [-0.2, -0.15) is 4.98 Å². The van der Waals surface area contributed by atoms with Crippen LogP contribution >= 0.6 is 0 Å².